The van der Waals surface area contributed by atoms with Gasteiger partial charge < -0.3 is 15.3 Å². The molecule has 0 spiro atoms. The molecule has 0 fully saturated rings. The van der Waals surface area contributed by atoms with E-state index in [1.54, 1.807) is 32.3 Å². The summed E-state index contributed by atoms with van der Waals surface area (Å²) in [6, 6.07) is 7.10. The fraction of sp³-hybridized carbons (Fsp3) is 0.400. The van der Waals surface area contributed by atoms with E-state index in [1.165, 1.54) is 4.90 Å². The molecule has 1 rings (SSSR count). The van der Waals surface area contributed by atoms with Gasteiger partial charge in [-0.25, -0.2) is 0 Å². The standard InChI is InChI=1S/C15H20N2O4/c1-16-15(21)12-5-3-4-11(10-12)6-7-13(18)17(2)9-8-14(19)20/h3-5,10H,6-9H2,1-2H3,(H,16,21)(H,19,20). The Balaban J connectivity index is 2.53. The number of nitrogens with zero attached hydrogens (tertiary/aromatic N) is 1. The molecule has 0 aromatic heterocycles. The van der Waals surface area contributed by atoms with Crippen LogP contribution in [0.15, 0.2) is 24.3 Å². The van der Waals surface area contributed by atoms with Gasteiger partial charge in [0.15, 0.2) is 0 Å². The summed E-state index contributed by atoms with van der Waals surface area (Å²) in [6.07, 6.45) is 0.739. The van der Waals surface area contributed by atoms with Gasteiger partial charge in [0, 0.05) is 32.6 Å². The van der Waals surface area contributed by atoms with Crippen molar-refractivity contribution in [1.82, 2.24) is 10.2 Å². The van der Waals surface area contributed by atoms with Crippen molar-refractivity contribution in [1.29, 1.82) is 0 Å². The van der Waals surface area contributed by atoms with Crippen LogP contribution in [0.5, 0.6) is 0 Å². The molecule has 2 amide bonds. The fourth-order valence-corrected chi connectivity index (χ4v) is 1.84. The lowest BCUT2D eigenvalue weighted by atomic mass is 10.1. The second-order valence-corrected chi connectivity index (χ2v) is 4.74. The Morgan fingerprint density at radius 3 is 2.57 bits per heavy atom. The van der Waals surface area contributed by atoms with E-state index in [4.69, 9.17) is 5.11 Å². The maximum Gasteiger partial charge on any atom is 0.305 e. The molecule has 0 aliphatic carbocycles. The summed E-state index contributed by atoms with van der Waals surface area (Å²) in [5.41, 5.74) is 1.46. The third kappa shape index (κ3) is 5.64. The molecular formula is C15H20N2O4. The highest BCUT2D eigenvalue weighted by atomic mass is 16.4. The number of carbonyl (C=O) groups is 3. The Kier molecular flexibility index (Phi) is 6.39. The topological polar surface area (TPSA) is 86.7 Å². The molecule has 0 unspecified atom stereocenters. The average Bonchev–Trinajstić information content (AvgIpc) is 2.49. The molecule has 0 saturated heterocycles. The third-order valence-electron chi connectivity index (χ3n) is 3.13. The number of rotatable bonds is 7. The van der Waals surface area contributed by atoms with Crippen LogP contribution >= 0.6 is 0 Å². The van der Waals surface area contributed by atoms with Crippen molar-refractivity contribution in [3.63, 3.8) is 0 Å². The van der Waals surface area contributed by atoms with Gasteiger partial charge in [-0.05, 0) is 24.1 Å². The largest absolute Gasteiger partial charge is 0.481 e. The minimum atomic E-state index is -0.923. The number of aliphatic carboxylic acids is 1. The van der Waals surface area contributed by atoms with Gasteiger partial charge in [-0.15, -0.1) is 0 Å². The van der Waals surface area contributed by atoms with Crippen molar-refractivity contribution in [3.05, 3.63) is 35.4 Å². The van der Waals surface area contributed by atoms with Gasteiger partial charge in [-0.3, -0.25) is 14.4 Å². The van der Waals surface area contributed by atoms with Gasteiger partial charge in [-0.2, -0.15) is 0 Å². The predicted molar refractivity (Wildman–Crippen MR) is 78.0 cm³/mol. The zero-order valence-corrected chi connectivity index (χ0v) is 12.3. The van der Waals surface area contributed by atoms with Crippen LogP contribution < -0.4 is 5.32 Å². The smallest absolute Gasteiger partial charge is 0.305 e. The molecule has 1 aromatic carbocycles. The average molecular weight is 292 g/mol. The number of benzene rings is 1. The van der Waals surface area contributed by atoms with Crippen LogP contribution in [0.1, 0.15) is 28.8 Å². The fourth-order valence-electron chi connectivity index (χ4n) is 1.84. The van der Waals surface area contributed by atoms with Gasteiger partial charge >= 0.3 is 5.97 Å². The van der Waals surface area contributed by atoms with Crippen LogP contribution in [0.25, 0.3) is 0 Å². The van der Waals surface area contributed by atoms with E-state index in [1.807, 2.05) is 6.07 Å². The second kappa shape index (κ2) is 8.04. The minimum Gasteiger partial charge on any atom is -0.481 e. The highest BCUT2D eigenvalue weighted by Crippen LogP contribution is 2.09. The van der Waals surface area contributed by atoms with E-state index in [9.17, 15) is 14.4 Å². The van der Waals surface area contributed by atoms with Gasteiger partial charge in [0.25, 0.3) is 5.91 Å². The van der Waals surface area contributed by atoms with Crippen LogP contribution in [0.3, 0.4) is 0 Å². The second-order valence-electron chi connectivity index (χ2n) is 4.74. The van der Waals surface area contributed by atoms with Crippen molar-refractivity contribution in [2.45, 2.75) is 19.3 Å². The summed E-state index contributed by atoms with van der Waals surface area (Å²) in [6.45, 7) is 0.201. The summed E-state index contributed by atoms with van der Waals surface area (Å²) in [5.74, 6) is -1.20. The zero-order valence-electron chi connectivity index (χ0n) is 12.3. The van der Waals surface area contributed by atoms with Crippen molar-refractivity contribution in [2.24, 2.45) is 0 Å². The number of aryl methyl sites for hydroxylation is 1. The maximum absolute atomic E-state index is 11.9. The molecule has 0 atom stereocenters. The van der Waals surface area contributed by atoms with Crippen molar-refractivity contribution >= 4 is 17.8 Å². The Bertz CT molecular complexity index is 528. The third-order valence-corrected chi connectivity index (χ3v) is 3.13. The van der Waals surface area contributed by atoms with E-state index in [-0.39, 0.29) is 31.2 Å². The summed E-state index contributed by atoms with van der Waals surface area (Å²) < 4.78 is 0. The summed E-state index contributed by atoms with van der Waals surface area (Å²) >= 11 is 0. The van der Waals surface area contributed by atoms with E-state index in [0.717, 1.165) is 5.56 Å². The highest BCUT2D eigenvalue weighted by molar-refractivity contribution is 5.94. The first-order valence-electron chi connectivity index (χ1n) is 6.71. The molecule has 114 valence electrons. The SMILES string of the molecule is CNC(=O)c1cccc(CCC(=O)N(C)CCC(=O)O)c1. The van der Waals surface area contributed by atoms with E-state index < -0.39 is 5.97 Å². The molecule has 1 aromatic rings. The number of carbonyl (C=O) groups excluding carboxylic acids is 2. The predicted octanol–water partition coefficient (Wildman–Crippen LogP) is 0.912. The zero-order chi connectivity index (χ0) is 15.8. The Morgan fingerprint density at radius 1 is 1.24 bits per heavy atom. The monoisotopic (exact) mass is 292 g/mol. The molecule has 6 nitrogen and oxygen atoms in total. The number of amides is 2. The maximum atomic E-state index is 11.9. The number of carboxylic acids is 1. The summed E-state index contributed by atoms with van der Waals surface area (Å²) in [4.78, 5) is 35.2. The van der Waals surface area contributed by atoms with Crippen LogP contribution in [0, 0.1) is 0 Å². The van der Waals surface area contributed by atoms with E-state index in [2.05, 4.69) is 5.32 Å². The van der Waals surface area contributed by atoms with Crippen molar-refractivity contribution in [2.75, 3.05) is 20.6 Å². The van der Waals surface area contributed by atoms with E-state index >= 15 is 0 Å². The molecule has 6 heteroatoms. The number of nitrogens with one attached hydrogen (secondary N) is 1. The molecule has 0 saturated carbocycles. The van der Waals surface area contributed by atoms with Gasteiger partial charge in [0.05, 0.1) is 6.42 Å². The van der Waals surface area contributed by atoms with Crippen molar-refractivity contribution < 1.29 is 19.5 Å². The first-order chi connectivity index (χ1) is 9.93. The molecule has 0 radical (unpaired) electrons. The van der Waals surface area contributed by atoms with Crippen LogP contribution in [-0.4, -0.2) is 48.4 Å². The first kappa shape index (κ1) is 16.7. The number of carboxylic acid groups (broad SMARTS) is 1. The lowest BCUT2D eigenvalue weighted by Gasteiger charge is -2.16. The Morgan fingerprint density at radius 2 is 1.95 bits per heavy atom. The Hall–Kier alpha value is -2.37. The van der Waals surface area contributed by atoms with Crippen molar-refractivity contribution in [3.8, 4) is 0 Å². The Labute approximate surface area is 123 Å². The highest BCUT2D eigenvalue weighted by Gasteiger charge is 2.11. The van der Waals surface area contributed by atoms with Gasteiger partial charge in [0.2, 0.25) is 5.91 Å². The number of hydrogen-bond acceptors (Lipinski definition) is 3. The summed E-state index contributed by atoms with van der Waals surface area (Å²) in [7, 11) is 3.15. The molecule has 0 aliphatic rings. The quantitative estimate of drug-likeness (QED) is 0.782. The normalized spacial score (nSPS) is 10.0. The lowest BCUT2D eigenvalue weighted by molar-refractivity contribution is -0.138. The van der Waals surface area contributed by atoms with Gasteiger partial charge in [-0.1, -0.05) is 12.1 Å². The van der Waals surface area contributed by atoms with E-state index in [0.29, 0.717) is 12.0 Å². The number of hydrogen-bond donors (Lipinski definition) is 2. The lowest BCUT2D eigenvalue weighted by Crippen LogP contribution is -2.29. The molecule has 0 bridgehead atoms. The molecular weight excluding hydrogens is 272 g/mol. The van der Waals surface area contributed by atoms with Crippen LogP contribution in [-0.2, 0) is 16.0 Å². The van der Waals surface area contributed by atoms with Crippen LogP contribution in [0.2, 0.25) is 0 Å². The van der Waals surface area contributed by atoms with Gasteiger partial charge in [0.1, 0.15) is 0 Å². The first-order valence-corrected chi connectivity index (χ1v) is 6.71. The molecule has 0 heterocycles. The molecule has 21 heavy (non-hydrogen) atoms. The summed E-state index contributed by atoms with van der Waals surface area (Å²) in [5, 5.41) is 11.1. The molecule has 0 aliphatic heterocycles. The van der Waals surface area contributed by atoms with Crippen LogP contribution in [0.4, 0.5) is 0 Å². The minimum absolute atomic E-state index is 0.0611. The molecule has 2 N–H and O–H groups in total.